The van der Waals surface area contributed by atoms with Crippen LogP contribution in [0.3, 0.4) is 0 Å². The normalized spacial score (nSPS) is 9.57. The summed E-state index contributed by atoms with van der Waals surface area (Å²) in [6.07, 6.45) is 0. The Balaban J connectivity index is 3.10. The Hall–Kier alpha value is -1.85. The molecule has 6 heteroatoms. The van der Waals surface area contributed by atoms with Gasteiger partial charge in [0.25, 0.3) is 5.88 Å². The fraction of sp³-hybridized carbons (Fsp3) is 0.375. The van der Waals surface area contributed by atoms with Gasteiger partial charge in [-0.15, -0.1) is 0 Å². The van der Waals surface area contributed by atoms with Gasteiger partial charge in [0, 0.05) is 13.1 Å². The molecule has 0 aliphatic rings. The van der Waals surface area contributed by atoms with Crippen LogP contribution >= 0.6 is 0 Å². The van der Waals surface area contributed by atoms with Gasteiger partial charge in [0.2, 0.25) is 0 Å². The maximum Gasteiger partial charge on any atom is 0.331 e. The molecule has 1 N–H and O–H groups in total. The number of hydrogen-bond donors (Lipinski definition) is 1. The Bertz CT molecular complexity index is 341. The van der Waals surface area contributed by atoms with Crippen molar-refractivity contribution in [1.82, 2.24) is 4.98 Å². The van der Waals surface area contributed by atoms with E-state index in [-0.39, 0.29) is 11.6 Å². The van der Waals surface area contributed by atoms with Gasteiger partial charge in [-0.05, 0) is 13.0 Å². The average molecular weight is 197 g/mol. The third kappa shape index (κ3) is 2.09. The molecular weight excluding hydrogens is 186 g/mol. The summed E-state index contributed by atoms with van der Waals surface area (Å²) in [5, 5.41) is 13.3. The Morgan fingerprint density at radius 3 is 2.86 bits per heavy atom. The van der Waals surface area contributed by atoms with Crippen LogP contribution in [0.4, 0.5) is 11.5 Å². The zero-order valence-electron chi connectivity index (χ0n) is 7.98. The maximum absolute atomic E-state index is 10.6. The van der Waals surface area contributed by atoms with Gasteiger partial charge in [0.15, 0.2) is 0 Å². The van der Waals surface area contributed by atoms with E-state index < -0.39 is 4.92 Å². The van der Waals surface area contributed by atoms with E-state index in [0.29, 0.717) is 12.4 Å². The van der Waals surface area contributed by atoms with Gasteiger partial charge in [-0.3, -0.25) is 10.1 Å². The SMILES string of the molecule is CCOc1nc(NC)ccc1[N+](=O)[O-]. The van der Waals surface area contributed by atoms with E-state index in [0.717, 1.165) is 0 Å². The number of rotatable bonds is 4. The number of nitrogens with one attached hydrogen (secondary N) is 1. The predicted molar refractivity (Wildman–Crippen MR) is 51.6 cm³/mol. The van der Waals surface area contributed by atoms with Gasteiger partial charge in [0.05, 0.1) is 11.5 Å². The number of nitro groups is 1. The van der Waals surface area contributed by atoms with Crippen molar-refractivity contribution in [2.75, 3.05) is 19.0 Å². The Morgan fingerprint density at radius 2 is 2.36 bits per heavy atom. The minimum atomic E-state index is -0.516. The standard InChI is InChI=1S/C8H11N3O3/c1-3-14-8-6(11(12)13)4-5-7(9-2)10-8/h4-5H,3H2,1-2H3,(H,9,10). The number of ether oxygens (including phenoxy) is 1. The fourth-order valence-electron chi connectivity index (χ4n) is 0.954. The first-order chi connectivity index (χ1) is 6.69. The van der Waals surface area contributed by atoms with Crippen molar-refractivity contribution in [1.29, 1.82) is 0 Å². The van der Waals surface area contributed by atoms with Crippen LogP contribution in [-0.4, -0.2) is 23.6 Å². The van der Waals surface area contributed by atoms with Crippen molar-refractivity contribution in [2.45, 2.75) is 6.92 Å². The van der Waals surface area contributed by atoms with Crippen LogP contribution < -0.4 is 10.1 Å². The molecule has 6 nitrogen and oxygen atoms in total. The summed E-state index contributed by atoms with van der Waals surface area (Å²) >= 11 is 0. The Morgan fingerprint density at radius 1 is 1.64 bits per heavy atom. The molecule has 0 saturated heterocycles. The predicted octanol–water partition coefficient (Wildman–Crippen LogP) is 1.43. The Labute approximate surface area is 81.1 Å². The first-order valence-corrected chi connectivity index (χ1v) is 4.15. The summed E-state index contributed by atoms with van der Waals surface area (Å²) < 4.78 is 5.05. The molecule has 1 rings (SSSR count). The highest BCUT2D eigenvalue weighted by atomic mass is 16.6. The monoisotopic (exact) mass is 197 g/mol. The molecule has 0 atom stereocenters. The quantitative estimate of drug-likeness (QED) is 0.583. The van der Waals surface area contributed by atoms with E-state index in [1.807, 2.05) is 0 Å². The molecule has 0 fully saturated rings. The second-order valence-electron chi connectivity index (χ2n) is 2.46. The zero-order chi connectivity index (χ0) is 10.6. The number of anilines is 1. The van der Waals surface area contributed by atoms with Gasteiger partial charge in [-0.25, -0.2) is 0 Å². The van der Waals surface area contributed by atoms with Crippen molar-refractivity contribution in [3.8, 4) is 5.88 Å². The van der Waals surface area contributed by atoms with Crippen molar-refractivity contribution >= 4 is 11.5 Å². The van der Waals surface area contributed by atoms with Crippen LogP contribution in [0, 0.1) is 10.1 Å². The lowest BCUT2D eigenvalue weighted by atomic mass is 10.4. The van der Waals surface area contributed by atoms with Crippen molar-refractivity contribution in [2.24, 2.45) is 0 Å². The van der Waals surface area contributed by atoms with Crippen molar-refractivity contribution < 1.29 is 9.66 Å². The molecule has 0 unspecified atom stereocenters. The molecule has 14 heavy (non-hydrogen) atoms. The van der Waals surface area contributed by atoms with E-state index in [4.69, 9.17) is 4.74 Å². The molecule has 0 radical (unpaired) electrons. The summed E-state index contributed by atoms with van der Waals surface area (Å²) in [5.41, 5.74) is -0.120. The number of hydrogen-bond acceptors (Lipinski definition) is 5. The summed E-state index contributed by atoms with van der Waals surface area (Å²) in [4.78, 5) is 14.0. The van der Waals surface area contributed by atoms with E-state index in [1.165, 1.54) is 12.1 Å². The molecule has 76 valence electrons. The highest BCUT2D eigenvalue weighted by Crippen LogP contribution is 2.25. The van der Waals surface area contributed by atoms with E-state index in [2.05, 4.69) is 10.3 Å². The lowest BCUT2D eigenvalue weighted by Gasteiger charge is -2.04. The average Bonchev–Trinajstić information content (AvgIpc) is 2.17. The Kier molecular flexibility index (Phi) is 3.22. The molecule has 0 bridgehead atoms. The summed E-state index contributed by atoms with van der Waals surface area (Å²) in [7, 11) is 1.68. The third-order valence-corrected chi connectivity index (χ3v) is 1.57. The number of aromatic nitrogens is 1. The molecule has 0 saturated carbocycles. The zero-order valence-corrected chi connectivity index (χ0v) is 7.98. The molecule has 0 spiro atoms. The second-order valence-corrected chi connectivity index (χ2v) is 2.46. The van der Waals surface area contributed by atoms with Crippen LogP contribution in [0.2, 0.25) is 0 Å². The lowest BCUT2D eigenvalue weighted by Crippen LogP contribution is -2.02. The van der Waals surface area contributed by atoms with Gasteiger partial charge in [0.1, 0.15) is 5.82 Å². The van der Waals surface area contributed by atoms with Crippen LogP contribution in [0.5, 0.6) is 5.88 Å². The highest BCUT2D eigenvalue weighted by molar-refractivity contribution is 5.48. The van der Waals surface area contributed by atoms with E-state index >= 15 is 0 Å². The van der Waals surface area contributed by atoms with Crippen molar-refractivity contribution in [3.63, 3.8) is 0 Å². The summed E-state index contributed by atoms with van der Waals surface area (Å²) in [5.74, 6) is 0.586. The largest absolute Gasteiger partial charge is 0.473 e. The molecule has 1 aromatic heterocycles. The highest BCUT2D eigenvalue weighted by Gasteiger charge is 2.16. The first-order valence-electron chi connectivity index (χ1n) is 4.15. The van der Waals surface area contributed by atoms with Crippen LogP contribution in [0.15, 0.2) is 12.1 Å². The maximum atomic E-state index is 10.6. The summed E-state index contributed by atoms with van der Waals surface area (Å²) in [6, 6.07) is 2.89. The van der Waals surface area contributed by atoms with Crippen LogP contribution in [0.25, 0.3) is 0 Å². The number of nitrogens with zero attached hydrogens (tertiary/aromatic N) is 2. The second kappa shape index (κ2) is 4.40. The molecular formula is C8H11N3O3. The van der Waals surface area contributed by atoms with Gasteiger partial charge in [-0.2, -0.15) is 4.98 Å². The van der Waals surface area contributed by atoms with E-state index in [9.17, 15) is 10.1 Å². The molecule has 0 aromatic carbocycles. The molecule has 1 aromatic rings. The summed E-state index contributed by atoms with van der Waals surface area (Å²) in [6.45, 7) is 2.10. The van der Waals surface area contributed by atoms with Gasteiger partial charge >= 0.3 is 5.69 Å². The first kappa shape index (κ1) is 10.2. The smallest absolute Gasteiger partial charge is 0.331 e. The van der Waals surface area contributed by atoms with Gasteiger partial charge in [-0.1, -0.05) is 0 Å². The van der Waals surface area contributed by atoms with Crippen LogP contribution in [-0.2, 0) is 0 Å². The molecule has 1 heterocycles. The molecule has 0 aliphatic carbocycles. The third-order valence-electron chi connectivity index (χ3n) is 1.57. The molecule has 0 amide bonds. The number of pyridine rings is 1. The minimum Gasteiger partial charge on any atom is -0.473 e. The minimum absolute atomic E-state index is 0.0457. The molecule has 0 aliphatic heterocycles. The van der Waals surface area contributed by atoms with Crippen LogP contribution in [0.1, 0.15) is 6.92 Å². The van der Waals surface area contributed by atoms with E-state index in [1.54, 1.807) is 14.0 Å². The lowest BCUT2D eigenvalue weighted by molar-refractivity contribution is -0.386. The topological polar surface area (TPSA) is 77.3 Å². The van der Waals surface area contributed by atoms with Gasteiger partial charge < -0.3 is 10.1 Å². The fourth-order valence-corrected chi connectivity index (χ4v) is 0.954. The van der Waals surface area contributed by atoms with Crippen molar-refractivity contribution in [3.05, 3.63) is 22.2 Å².